The molecule has 10 rings (SSSR count). The van der Waals surface area contributed by atoms with Crippen molar-refractivity contribution in [2.24, 2.45) is 0 Å². The molecule has 3 aliphatic carbocycles. The monoisotopic (exact) mass is 725 g/mol. The van der Waals surface area contributed by atoms with Crippen molar-refractivity contribution < 1.29 is 14.4 Å². The van der Waals surface area contributed by atoms with Gasteiger partial charge < -0.3 is 15.1 Å². The van der Waals surface area contributed by atoms with Crippen LogP contribution >= 0.6 is 11.3 Å². The van der Waals surface area contributed by atoms with Crippen LogP contribution in [0.15, 0.2) is 66.1 Å². The summed E-state index contributed by atoms with van der Waals surface area (Å²) in [6.07, 6.45) is 9.21. The second-order valence-electron chi connectivity index (χ2n) is 14.1. The maximum absolute atomic E-state index is 13.7. The minimum absolute atomic E-state index is 0.0780. The molecule has 3 fully saturated rings. The number of hydrogen-bond acceptors (Lipinski definition) is 12. The Morgan fingerprint density at radius 3 is 2.58 bits per heavy atom. The van der Waals surface area contributed by atoms with Crippen molar-refractivity contribution in [3.05, 3.63) is 82.3 Å². The zero-order valence-corrected chi connectivity index (χ0v) is 29.8. The van der Waals surface area contributed by atoms with Crippen molar-refractivity contribution in [3.63, 3.8) is 0 Å². The van der Waals surface area contributed by atoms with Gasteiger partial charge in [0.15, 0.2) is 5.01 Å². The Kier molecular flexibility index (Phi) is 7.99. The highest BCUT2D eigenvalue weighted by Gasteiger charge is 2.50. The van der Waals surface area contributed by atoms with Gasteiger partial charge in [-0.1, -0.05) is 23.0 Å². The highest BCUT2D eigenvalue weighted by molar-refractivity contribution is 7.14. The molecule has 53 heavy (non-hydrogen) atoms. The number of pyridine rings is 2. The van der Waals surface area contributed by atoms with Crippen LogP contribution in [0.25, 0.3) is 27.5 Å². The van der Waals surface area contributed by atoms with E-state index in [0.29, 0.717) is 44.6 Å². The lowest BCUT2D eigenvalue weighted by Gasteiger charge is -2.48. The molecule has 5 aromatic heterocycles. The number of fused-ring (bicyclic) bond motifs is 3. The van der Waals surface area contributed by atoms with Crippen LogP contribution in [0, 0.1) is 11.3 Å². The Morgan fingerprint density at radius 1 is 1.02 bits per heavy atom. The fourth-order valence-electron chi connectivity index (χ4n) is 8.12. The molecule has 3 amide bonds. The van der Waals surface area contributed by atoms with E-state index in [1.54, 1.807) is 34.3 Å². The number of carbonyl (C=O) groups is 3. The van der Waals surface area contributed by atoms with E-state index in [2.05, 4.69) is 41.9 Å². The molecule has 2 N–H and O–H groups in total. The quantitative estimate of drug-likeness (QED) is 0.230. The standard InChI is InChI=1S/C38H35N11O3S/c1-40-29-15-30(31-5-3-25-14-22(18-39)19-43-49(25)31)41-21-28(29)35-45-46-37(53-35)38-9-8-27(24(16-38)17-38)36(52)48-12-10-47(11-13-48)32-6-2-23(20-42-32)26-4-7-33(50)44-34(26)51/h2-3,5-6,14-15,19-21,26H,4,7-13,16-17H2,1H3,(H,40,41)(H,44,50,51)/t26-/m0/s1. The summed E-state index contributed by atoms with van der Waals surface area (Å²) in [6, 6.07) is 13.6. The number of rotatable bonds is 7. The first-order valence-corrected chi connectivity index (χ1v) is 18.6. The lowest BCUT2D eigenvalue weighted by atomic mass is 9.57. The third-order valence-electron chi connectivity index (χ3n) is 11.1. The lowest BCUT2D eigenvalue weighted by Crippen LogP contribution is -2.51. The van der Waals surface area contributed by atoms with E-state index in [1.807, 2.05) is 48.5 Å². The van der Waals surface area contributed by atoms with Gasteiger partial charge in [-0.15, -0.1) is 10.2 Å². The zero-order valence-electron chi connectivity index (χ0n) is 29.0. The number of nitrogens with zero attached hydrogens (tertiary/aromatic N) is 9. The number of amides is 3. The summed E-state index contributed by atoms with van der Waals surface area (Å²) in [5.41, 5.74) is 7.58. The maximum Gasteiger partial charge on any atom is 0.249 e. The fraction of sp³-hybridized carbons (Fsp3) is 0.342. The van der Waals surface area contributed by atoms with Crippen LogP contribution < -0.4 is 15.5 Å². The first kappa shape index (κ1) is 32.9. The third-order valence-corrected chi connectivity index (χ3v) is 12.3. The number of hydrogen-bond donors (Lipinski definition) is 2. The third kappa shape index (κ3) is 5.70. The number of piperazine rings is 1. The topological polar surface area (TPSA) is 174 Å². The molecule has 0 spiro atoms. The van der Waals surface area contributed by atoms with Crippen LogP contribution in [0.4, 0.5) is 11.5 Å². The molecule has 2 aliphatic heterocycles. The van der Waals surface area contributed by atoms with Crippen LogP contribution in [-0.2, 0) is 19.8 Å². The molecule has 266 valence electrons. The number of aromatic nitrogens is 6. The SMILES string of the molecule is CNc1cc(-c2ccc3cc(C#N)cnn23)ncc1-c1nnc(C23CCC(C(=O)N4CCN(c5ccc([C@@H]6CCC(=O)NC6=O)cn5)CC4)=C(C2)C3)s1. The smallest absolute Gasteiger partial charge is 0.249 e. The molecular formula is C38H35N11O3S. The zero-order chi connectivity index (χ0) is 36.3. The fourth-order valence-corrected chi connectivity index (χ4v) is 9.20. The second-order valence-corrected chi connectivity index (χ2v) is 15.1. The molecule has 2 bridgehead atoms. The van der Waals surface area contributed by atoms with Crippen molar-refractivity contribution in [2.75, 3.05) is 43.4 Å². The van der Waals surface area contributed by atoms with Crippen molar-refractivity contribution in [1.82, 2.24) is 40.0 Å². The van der Waals surface area contributed by atoms with Gasteiger partial charge in [0, 0.05) is 68.7 Å². The molecule has 1 saturated carbocycles. The highest BCUT2D eigenvalue weighted by Crippen LogP contribution is 2.57. The van der Waals surface area contributed by atoms with Crippen LogP contribution in [0.3, 0.4) is 0 Å². The predicted octanol–water partition coefficient (Wildman–Crippen LogP) is 4.21. The second kappa shape index (κ2) is 12.9. The summed E-state index contributed by atoms with van der Waals surface area (Å²) in [7, 11) is 1.87. The molecule has 5 aliphatic rings. The summed E-state index contributed by atoms with van der Waals surface area (Å²) in [5, 5.41) is 30.5. The molecule has 7 heterocycles. The van der Waals surface area contributed by atoms with Gasteiger partial charge >= 0.3 is 0 Å². The average molecular weight is 726 g/mol. The van der Waals surface area contributed by atoms with E-state index in [9.17, 15) is 19.6 Å². The van der Waals surface area contributed by atoms with Crippen molar-refractivity contribution in [3.8, 4) is 28.0 Å². The summed E-state index contributed by atoms with van der Waals surface area (Å²) < 4.78 is 1.78. The van der Waals surface area contributed by atoms with E-state index in [0.717, 1.165) is 80.8 Å². The van der Waals surface area contributed by atoms with E-state index in [-0.39, 0.29) is 29.1 Å². The number of piperidine rings is 1. The van der Waals surface area contributed by atoms with Gasteiger partial charge in [-0.3, -0.25) is 24.7 Å². The number of imide groups is 1. The molecule has 5 aromatic rings. The predicted molar refractivity (Wildman–Crippen MR) is 197 cm³/mol. The first-order chi connectivity index (χ1) is 25.8. The lowest BCUT2D eigenvalue weighted by molar-refractivity contribution is -0.134. The van der Waals surface area contributed by atoms with Gasteiger partial charge in [-0.2, -0.15) is 10.4 Å². The van der Waals surface area contributed by atoms with Crippen molar-refractivity contribution in [2.45, 2.75) is 49.9 Å². The van der Waals surface area contributed by atoms with E-state index in [1.165, 1.54) is 5.57 Å². The van der Waals surface area contributed by atoms with E-state index >= 15 is 0 Å². The summed E-state index contributed by atoms with van der Waals surface area (Å²) in [6.45, 7) is 2.61. The van der Waals surface area contributed by atoms with Crippen LogP contribution in [-0.4, -0.2) is 85.6 Å². The summed E-state index contributed by atoms with van der Waals surface area (Å²) >= 11 is 1.60. The minimum Gasteiger partial charge on any atom is -0.387 e. The first-order valence-electron chi connectivity index (χ1n) is 17.8. The Hall–Kier alpha value is -6.01. The Labute approximate surface area is 308 Å². The van der Waals surface area contributed by atoms with Crippen LogP contribution in [0.1, 0.15) is 60.6 Å². The number of nitrogens with one attached hydrogen (secondary N) is 2. The van der Waals surface area contributed by atoms with E-state index in [4.69, 9.17) is 4.98 Å². The van der Waals surface area contributed by atoms with Crippen LogP contribution in [0.5, 0.6) is 0 Å². The van der Waals surface area contributed by atoms with Crippen molar-refractivity contribution >= 4 is 46.1 Å². The van der Waals surface area contributed by atoms with Gasteiger partial charge in [0.05, 0.1) is 40.1 Å². The Balaban J connectivity index is 0.839. The summed E-state index contributed by atoms with van der Waals surface area (Å²) in [4.78, 5) is 51.0. The molecule has 1 atom stereocenters. The van der Waals surface area contributed by atoms with Gasteiger partial charge in [0.2, 0.25) is 17.7 Å². The largest absolute Gasteiger partial charge is 0.387 e. The Morgan fingerprint density at radius 2 is 1.87 bits per heavy atom. The molecule has 0 aromatic carbocycles. The minimum atomic E-state index is -0.355. The van der Waals surface area contributed by atoms with Gasteiger partial charge in [0.25, 0.3) is 0 Å². The van der Waals surface area contributed by atoms with Gasteiger partial charge in [0.1, 0.15) is 16.9 Å². The van der Waals surface area contributed by atoms with Gasteiger partial charge in [-0.25, -0.2) is 9.50 Å². The normalized spacial score (nSPS) is 19.5. The molecule has 15 heteroatoms. The Bertz CT molecular complexity index is 2380. The molecule has 0 radical (unpaired) electrons. The molecular weight excluding hydrogens is 691 g/mol. The van der Waals surface area contributed by atoms with E-state index < -0.39 is 0 Å². The number of nitriles is 1. The summed E-state index contributed by atoms with van der Waals surface area (Å²) in [5.74, 6) is 0.125. The number of allylic oxidation sites excluding steroid dienone is 1. The van der Waals surface area contributed by atoms with Crippen LogP contribution in [0.2, 0.25) is 0 Å². The molecule has 14 nitrogen and oxygen atoms in total. The highest BCUT2D eigenvalue weighted by atomic mass is 32.1. The number of carbonyl (C=O) groups excluding carboxylic acids is 3. The average Bonchev–Trinajstić information content (AvgIpc) is 3.85. The number of anilines is 2. The molecule has 0 unspecified atom stereocenters. The maximum atomic E-state index is 13.7. The van der Waals surface area contributed by atoms with Gasteiger partial charge in [-0.05, 0) is 68.0 Å². The molecule has 2 saturated heterocycles. The van der Waals surface area contributed by atoms with Crippen molar-refractivity contribution in [1.29, 1.82) is 5.26 Å².